The molecule has 1 N–H and O–H groups in total. The first-order chi connectivity index (χ1) is 13.2. The SMILES string of the molecule is Cc1ccc(Cl)cc1NC(=O)C1CCN(S(=O)(=O)c2ccc(F)c(Cl)c2)CC1. The predicted molar refractivity (Wildman–Crippen MR) is 108 cm³/mol. The lowest BCUT2D eigenvalue weighted by Crippen LogP contribution is -2.41. The summed E-state index contributed by atoms with van der Waals surface area (Å²) in [5, 5.41) is 3.15. The highest BCUT2D eigenvalue weighted by Gasteiger charge is 2.32. The van der Waals surface area contributed by atoms with Crippen molar-refractivity contribution < 1.29 is 17.6 Å². The second-order valence-corrected chi connectivity index (χ2v) is 9.48. The van der Waals surface area contributed by atoms with Gasteiger partial charge in [-0.3, -0.25) is 4.79 Å². The lowest BCUT2D eigenvalue weighted by atomic mass is 9.97. The number of halogens is 3. The number of hydrogen-bond acceptors (Lipinski definition) is 3. The van der Waals surface area contributed by atoms with Gasteiger partial charge in [0.25, 0.3) is 0 Å². The van der Waals surface area contributed by atoms with Gasteiger partial charge in [0.1, 0.15) is 5.82 Å². The van der Waals surface area contributed by atoms with Crippen molar-refractivity contribution in [2.24, 2.45) is 5.92 Å². The molecule has 1 amide bonds. The Labute approximate surface area is 173 Å². The number of hydrogen-bond donors (Lipinski definition) is 1. The van der Waals surface area contributed by atoms with E-state index in [2.05, 4.69) is 5.32 Å². The minimum Gasteiger partial charge on any atom is -0.326 e. The zero-order chi connectivity index (χ0) is 20.5. The van der Waals surface area contributed by atoms with Crippen molar-refractivity contribution in [1.29, 1.82) is 0 Å². The molecule has 0 radical (unpaired) electrons. The van der Waals surface area contributed by atoms with Gasteiger partial charge in [0.05, 0.1) is 9.92 Å². The Bertz CT molecular complexity index is 1010. The van der Waals surface area contributed by atoms with E-state index in [-0.39, 0.29) is 34.8 Å². The first-order valence-corrected chi connectivity index (χ1v) is 10.9. The minimum atomic E-state index is -3.79. The number of amides is 1. The standard InChI is InChI=1S/C19H19Cl2FN2O3S/c1-12-2-3-14(20)10-18(12)23-19(25)13-6-8-24(9-7-13)28(26,27)15-4-5-17(22)16(21)11-15/h2-5,10-11,13H,6-9H2,1H3,(H,23,25). The molecule has 1 aliphatic heterocycles. The molecular formula is C19H19Cl2FN2O3S. The normalized spacial score (nSPS) is 16.1. The minimum absolute atomic E-state index is 0.0589. The van der Waals surface area contributed by atoms with E-state index in [4.69, 9.17) is 23.2 Å². The van der Waals surface area contributed by atoms with Crippen LogP contribution in [-0.4, -0.2) is 31.7 Å². The van der Waals surface area contributed by atoms with Crippen molar-refractivity contribution in [3.63, 3.8) is 0 Å². The molecule has 2 aromatic rings. The van der Waals surface area contributed by atoms with Crippen molar-refractivity contribution in [1.82, 2.24) is 4.31 Å². The summed E-state index contributed by atoms with van der Waals surface area (Å²) in [7, 11) is -3.79. The van der Waals surface area contributed by atoms with Crippen LogP contribution in [0.25, 0.3) is 0 Å². The van der Waals surface area contributed by atoms with Crippen LogP contribution < -0.4 is 5.32 Å². The van der Waals surface area contributed by atoms with E-state index in [0.29, 0.717) is 23.6 Å². The van der Waals surface area contributed by atoms with Gasteiger partial charge in [0.2, 0.25) is 15.9 Å². The van der Waals surface area contributed by atoms with Crippen molar-refractivity contribution in [3.8, 4) is 0 Å². The van der Waals surface area contributed by atoms with Crippen LogP contribution in [0.5, 0.6) is 0 Å². The summed E-state index contributed by atoms with van der Waals surface area (Å²) in [6, 6.07) is 8.58. The number of anilines is 1. The van der Waals surface area contributed by atoms with Crippen LogP contribution in [0.3, 0.4) is 0 Å². The fraction of sp³-hybridized carbons (Fsp3) is 0.316. The summed E-state index contributed by atoms with van der Waals surface area (Å²) in [6.07, 6.45) is 0.777. The van der Waals surface area contributed by atoms with Gasteiger partial charge in [-0.1, -0.05) is 29.3 Å². The van der Waals surface area contributed by atoms with Crippen LogP contribution >= 0.6 is 23.2 Å². The molecule has 0 spiro atoms. The summed E-state index contributed by atoms with van der Waals surface area (Å²) >= 11 is 11.7. The van der Waals surface area contributed by atoms with E-state index in [1.807, 2.05) is 13.0 Å². The Morgan fingerprint density at radius 1 is 1.14 bits per heavy atom. The molecule has 1 fully saturated rings. The molecule has 0 unspecified atom stereocenters. The summed E-state index contributed by atoms with van der Waals surface area (Å²) in [6.45, 7) is 2.27. The number of sulfonamides is 1. The number of nitrogens with zero attached hydrogens (tertiary/aromatic N) is 1. The lowest BCUT2D eigenvalue weighted by Gasteiger charge is -2.30. The molecule has 0 saturated carbocycles. The summed E-state index contributed by atoms with van der Waals surface area (Å²) in [5.74, 6) is -1.14. The van der Waals surface area contributed by atoms with Gasteiger partial charge in [-0.05, 0) is 55.7 Å². The average molecular weight is 445 g/mol. The highest BCUT2D eigenvalue weighted by Crippen LogP contribution is 2.28. The Morgan fingerprint density at radius 3 is 2.46 bits per heavy atom. The van der Waals surface area contributed by atoms with E-state index in [9.17, 15) is 17.6 Å². The molecule has 1 heterocycles. The van der Waals surface area contributed by atoms with Crippen LogP contribution in [0.4, 0.5) is 10.1 Å². The van der Waals surface area contributed by atoms with Crippen LogP contribution in [0.1, 0.15) is 18.4 Å². The predicted octanol–water partition coefficient (Wildman–Crippen LogP) is 4.48. The average Bonchev–Trinajstić information content (AvgIpc) is 2.67. The molecule has 150 valence electrons. The fourth-order valence-electron chi connectivity index (χ4n) is 3.11. The van der Waals surface area contributed by atoms with Gasteiger partial charge in [-0.25, -0.2) is 12.8 Å². The molecule has 9 heteroatoms. The van der Waals surface area contributed by atoms with E-state index >= 15 is 0 Å². The molecule has 1 aliphatic rings. The summed E-state index contributed by atoms with van der Waals surface area (Å²) in [4.78, 5) is 12.5. The third-order valence-corrected chi connectivity index (χ3v) is 7.23. The number of piperidine rings is 1. The first-order valence-electron chi connectivity index (χ1n) is 8.70. The van der Waals surface area contributed by atoms with E-state index in [1.165, 1.54) is 10.4 Å². The number of carbonyl (C=O) groups excluding carboxylic acids is 1. The molecule has 2 aromatic carbocycles. The Morgan fingerprint density at radius 2 is 1.82 bits per heavy atom. The fourth-order valence-corrected chi connectivity index (χ4v) is 5.02. The van der Waals surface area contributed by atoms with Gasteiger partial charge in [-0.2, -0.15) is 4.31 Å². The maximum absolute atomic E-state index is 13.3. The number of carbonyl (C=O) groups is 1. The van der Waals surface area contributed by atoms with Crippen molar-refractivity contribution in [2.45, 2.75) is 24.7 Å². The molecule has 0 aromatic heterocycles. The Hall–Kier alpha value is -1.67. The smallest absolute Gasteiger partial charge is 0.243 e. The third-order valence-electron chi connectivity index (χ3n) is 4.81. The first kappa shape index (κ1) is 21.0. The van der Waals surface area contributed by atoms with Gasteiger partial charge in [0, 0.05) is 29.7 Å². The second-order valence-electron chi connectivity index (χ2n) is 6.70. The van der Waals surface area contributed by atoms with Crippen molar-refractivity contribution in [3.05, 3.63) is 57.8 Å². The van der Waals surface area contributed by atoms with Crippen molar-refractivity contribution in [2.75, 3.05) is 18.4 Å². The van der Waals surface area contributed by atoms with Gasteiger partial charge in [-0.15, -0.1) is 0 Å². The topological polar surface area (TPSA) is 66.5 Å². The highest BCUT2D eigenvalue weighted by molar-refractivity contribution is 7.89. The van der Waals surface area contributed by atoms with E-state index < -0.39 is 15.8 Å². The third kappa shape index (κ3) is 4.49. The van der Waals surface area contributed by atoms with Gasteiger partial charge >= 0.3 is 0 Å². The van der Waals surface area contributed by atoms with Crippen LogP contribution in [0, 0.1) is 18.7 Å². The van der Waals surface area contributed by atoms with Gasteiger partial charge < -0.3 is 5.32 Å². The quantitative estimate of drug-likeness (QED) is 0.755. The molecule has 3 rings (SSSR count). The van der Waals surface area contributed by atoms with Gasteiger partial charge in [0.15, 0.2) is 0 Å². The molecule has 5 nitrogen and oxygen atoms in total. The summed E-state index contributed by atoms with van der Waals surface area (Å²) < 4.78 is 40.1. The zero-order valence-corrected chi connectivity index (χ0v) is 17.4. The molecule has 0 aliphatic carbocycles. The number of benzene rings is 2. The molecular weight excluding hydrogens is 426 g/mol. The molecule has 28 heavy (non-hydrogen) atoms. The second kappa shape index (κ2) is 8.37. The number of aryl methyl sites for hydroxylation is 1. The molecule has 0 bridgehead atoms. The van der Waals surface area contributed by atoms with E-state index in [1.54, 1.807) is 12.1 Å². The summed E-state index contributed by atoms with van der Waals surface area (Å²) in [5.41, 5.74) is 1.54. The monoisotopic (exact) mass is 444 g/mol. The number of rotatable bonds is 4. The van der Waals surface area contributed by atoms with E-state index in [0.717, 1.165) is 17.7 Å². The lowest BCUT2D eigenvalue weighted by molar-refractivity contribution is -0.120. The zero-order valence-electron chi connectivity index (χ0n) is 15.1. The van der Waals surface area contributed by atoms with Crippen LogP contribution in [0.2, 0.25) is 10.0 Å². The Balaban J connectivity index is 1.65. The van der Waals surface area contributed by atoms with Crippen molar-refractivity contribution >= 4 is 44.8 Å². The van der Waals surface area contributed by atoms with Crippen LogP contribution in [0.15, 0.2) is 41.3 Å². The Kier molecular flexibility index (Phi) is 6.29. The molecule has 1 saturated heterocycles. The highest BCUT2D eigenvalue weighted by atomic mass is 35.5. The maximum atomic E-state index is 13.3. The van der Waals surface area contributed by atoms with Crippen LogP contribution in [-0.2, 0) is 14.8 Å². The maximum Gasteiger partial charge on any atom is 0.243 e. The largest absolute Gasteiger partial charge is 0.326 e. The molecule has 0 atom stereocenters. The number of nitrogens with one attached hydrogen (secondary N) is 1.